The minimum Gasteiger partial charge on any atom is -0.494 e. The first-order valence-corrected chi connectivity index (χ1v) is 12.8. The molecule has 0 aliphatic heterocycles. The van der Waals surface area contributed by atoms with Gasteiger partial charge in [-0.05, 0) is 41.8 Å². The molecule has 30 heavy (non-hydrogen) atoms. The van der Waals surface area contributed by atoms with Gasteiger partial charge < -0.3 is 4.74 Å². The molecule has 0 aliphatic rings. The normalized spacial score (nSPS) is 11.0. The number of hydrogen-bond donors (Lipinski definition) is 1. The molecular formula is C28H42OS. The van der Waals surface area contributed by atoms with Crippen LogP contribution >= 0.6 is 12.6 Å². The van der Waals surface area contributed by atoms with Gasteiger partial charge in [-0.3, -0.25) is 0 Å². The summed E-state index contributed by atoms with van der Waals surface area (Å²) >= 11 is 4.34. The van der Waals surface area contributed by atoms with Crippen LogP contribution in [0.2, 0.25) is 0 Å². The van der Waals surface area contributed by atoms with Gasteiger partial charge in [-0.2, -0.15) is 0 Å². The Morgan fingerprint density at radius 2 is 0.933 bits per heavy atom. The molecule has 0 aromatic heterocycles. The fraction of sp³-hybridized carbons (Fsp3) is 0.571. The maximum Gasteiger partial charge on any atom is 0.119 e. The second-order valence-electron chi connectivity index (χ2n) is 8.52. The van der Waals surface area contributed by atoms with Crippen LogP contribution in [-0.4, -0.2) is 6.61 Å². The van der Waals surface area contributed by atoms with Crippen molar-refractivity contribution in [2.75, 3.05) is 6.61 Å². The molecule has 2 aromatic carbocycles. The van der Waals surface area contributed by atoms with E-state index in [4.69, 9.17) is 4.74 Å². The predicted octanol–water partition coefficient (Wildman–Crippen LogP) is 9.50. The summed E-state index contributed by atoms with van der Waals surface area (Å²) in [7, 11) is 0. The molecule has 0 radical (unpaired) electrons. The Labute approximate surface area is 191 Å². The SMILES string of the molecule is CCCCCCCCCCCCCCCCOc1ccc(-c2ccc(S)cc2)cc1. The number of hydrogen-bond acceptors (Lipinski definition) is 2. The van der Waals surface area contributed by atoms with Gasteiger partial charge in [0.25, 0.3) is 0 Å². The lowest BCUT2D eigenvalue weighted by molar-refractivity contribution is 0.304. The first-order chi connectivity index (χ1) is 14.8. The molecule has 0 fully saturated rings. The van der Waals surface area contributed by atoms with Gasteiger partial charge >= 0.3 is 0 Å². The topological polar surface area (TPSA) is 9.23 Å². The first kappa shape index (κ1) is 24.9. The Balaban J connectivity index is 1.41. The van der Waals surface area contributed by atoms with Crippen molar-refractivity contribution >= 4 is 12.6 Å². The molecule has 0 amide bonds. The van der Waals surface area contributed by atoms with E-state index in [9.17, 15) is 0 Å². The summed E-state index contributed by atoms with van der Waals surface area (Å²) in [5.41, 5.74) is 2.43. The molecule has 0 spiro atoms. The van der Waals surface area contributed by atoms with Crippen LogP contribution < -0.4 is 4.74 Å². The number of unbranched alkanes of at least 4 members (excludes halogenated alkanes) is 13. The van der Waals surface area contributed by atoms with E-state index >= 15 is 0 Å². The molecule has 0 heterocycles. The van der Waals surface area contributed by atoms with E-state index in [-0.39, 0.29) is 0 Å². The molecule has 1 nitrogen and oxygen atoms in total. The van der Waals surface area contributed by atoms with Crippen LogP contribution in [-0.2, 0) is 0 Å². The second-order valence-corrected chi connectivity index (χ2v) is 9.03. The summed E-state index contributed by atoms with van der Waals surface area (Å²) in [6.45, 7) is 3.11. The lowest BCUT2D eigenvalue weighted by atomic mass is 10.0. The molecular weight excluding hydrogens is 384 g/mol. The van der Waals surface area contributed by atoms with Gasteiger partial charge in [0.05, 0.1) is 6.61 Å². The molecule has 0 saturated heterocycles. The van der Waals surface area contributed by atoms with Gasteiger partial charge in [0.2, 0.25) is 0 Å². The molecule has 0 saturated carbocycles. The van der Waals surface area contributed by atoms with E-state index in [1.807, 2.05) is 12.1 Å². The minimum absolute atomic E-state index is 0.825. The van der Waals surface area contributed by atoms with Crippen molar-refractivity contribution in [3.05, 3.63) is 48.5 Å². The zero-order valence-electron chi connectivity index (χ0n) is 19.1. The molecule has 166 valence electrons. The standard InChI is InChI=1S/C28H42OS/c1-2-3-4-5-6-7-8-9-10-11-12-13-14-15-24-29-27-20-16-25(17-21-27)26-18-22-28(30)23-19-26/h16-23,30H,2-15,24H2,1H3. The molecule has 2 aromatic rings. The molecule has 0 bridgehead atoms. The third kappa shape index (κ3) is 11.1. The summed E-state index contributed by atoms with van der Waals surface area (Å²) in [6, 6.07) is 16.7. The van der Waals surface area contributed by atoms with Crippen molar-refractivity contribution in [1.29, 1.82) is 0 Å². The molecule has 0 N–H and O–H groups in total. The van der Waals surface area contributed by atoms with Crippen LogP contribution in [0.3, 0.4) is 0 Å². The van der Waals surface area contributed by atoms with Crippen LogP contribution in [0.5, 0.6) is 5.75 Å². The quantitative estimate of drug-likeness (QED) is 0.196. The fourth-order valence-electron chi connectivity index (χ4n) is 3.88. The minimum atomic E-state index is 0.825. The van der Waals surface area contributed by atoms with E-state index in [0.29, 0.717) is 0 Å². The molecule has 0 unspecified atom stereocenters. The van der Waals surface area contributed by atoms with E-state index in [1.165, 1.54) is 94.6 Å². The van der Waals surface area contributed by atoms with Gasteiger partial charge in [0, 0.05) is 4.90 Å². The number of thiol groups is 1. The maximum absolute atomic E-state index is 5.91. The zero-order valence-corrected chi connectivity index (χ0v) is 20.0. The van der Waals surface area contributed by atoms with Crippen molar-refractivity contribution in [2.24, 2.45) is 0 Å². The average Bonchev–Trinajstić information content (AvgIpc) is 2.77. The van der Waals surface area contributed by atoms with Crippen LogP contribution in [0.25, 0.3) is 11.1 Å². The molecule has 0 atom stereocenters. The average molecular weight is 427 g/mol. The highest BCUT2D eigenvalue weighted by molar-refractivity contribution is 7.80. The van der Waals surface area contributed by atoms with Crippen molar-refractivity contribution in [1.82, 2.24) is 0 Å². The predicted molar refractivity (Wildman–Crippen MR) is 135 cm³/mol. The van der Waals surface area contributed by atoms with Crippen molar-refractivity contribution < 1.29 is 4.74 Å². The summed E-state index contributed by atoms with van der Waals surface area (Å²) in [6.07, 6.45) is 19.4. The summed E-state index contributed by atoms with van der Waals surface area (Å²) in [5.74, 6) is 0.972. The lowest BCUT2D eigenvalue weighted by Gasteiger charge is -2.08. The Bertz CT molecular complexity index is 647. The highest BCUT2D eigenvalue weighted by Crippen LogP contribution is 2.23. The highest BCUT2D eigenvalue weighted by Gasteiger charge is 1.99. The highest BCUT2D eigenvalue weighted by atomic mass is 32.1. The van der Waals surface area contributed by atoms with Crippen molar-refractivity contribution in [2.45, 2.75) is 102 Å². The van der Waals surface area contributed by atoms with Crippen LogP contribution in [0, 0.1) is 0 Å². The smallest absolute Gasteiger partial charge is 0.119 e. The van der Waals surface area contributed by atoms with E-state index < -0.39 is 0 Å². The Morgan fingerprint density at radius 3 is 1.40 bits per heavy atom. The summed E-state index contributed by atoms with van der Waals surface area (Å²) < 4.78 is 5.91. The van der Waals surface area contributed by atoms with Crippen molar-refractivity contribution in [3.63, 3.8) is 0 Å². The Kier molecular flexibility index (Phi) is 13.5. The monoisotopic (exact) mass is 426 g/mol. The van der Waals surface area contributed by atoms with E-state index in [2.05, 4.69) is 56.0 Å². The van der Waals surface area contributed by atoms with Gasteiger partial charge in [-0.15, -0.1) is 12.6 Å². The largest absolute Gasteiger partial charge is 0.494 e. The van der Waals surface area contributed by atoms with Gasteiger partial charge in [0.15, 0.2) is 0 Å². The van der Waals surface area contributed by atoms with Gasteiger partial charge in [-0.25, -0.2) is 0 Å². The van der Waals surface area contributed by atoms with Gasteiger partial charge in [0.1, 0.15) is 5.75 Å². The zero-order chi connectivity index (χ0) is 21.3. The molecule has 2 rings (SSSR count). The molecule has 0 aliphatic carbocycles. The number of ether oxygens (including phenoxy) is 1. The van der Waals surface area contributed by atoms with Crippen LogP contribution in [0.15, 0.2) is 53.4 Å². The van der Waals surface area contributed by atoms with Crippen molar-refractivity contribution in [3.8, 4) is 16.9 Å². The fourth-order valence-corrected chi connectivity index (χ4v) is 4.03. The Morgan fingerprint density at radius 1 is 0.533 bits per heavy atom. The Hall–Kier alpha value is -1.41. The summed E-state index contributed by atoms with van der Waals surface area (Å²) in [5, 5.41) is 0. The van der Waals surface area contributed by atoms with E-state index in [0.717, 1.165) is 23.7 Å². The number of benzene rings is 2. The number of rotatable bonds is 17. The second kappa shape index (κ2) is 16.3. The lowest BCUT2D eigenvalue weighted by Crippen LogP contribution is -1.97. The van der Waals surface area contributed by atoms with E-state index in [1.54, 1.807) is 0 Å². The van der Waals surface area contributed by atoms with Gasteiger partial charge in [-0.1, -0.05) is 115 Å². The maximum atomic E-state index is 5.91. The molecule has 2 heteroatoms. The van der Waals surface area contributed by atoms with Crippen LogP contribution in [0.4, 0.5) is 0 Å². The third-order valence-corrected chi connectivity index (χ3v) is 6.12. The summed E-state index contributed by atoms with van der Waals surface area (Å²) in [4.78, 5) is 0.992. The first-order valence-electron chi connectivity index (χ1n) is 12.3. The third-order valence-electron chi connectivity index (χ3n) is 5.82. The van der Waals surface area contributed by atoms with Crippen LogP contribution in [0.1, 0.15) is 96.8 Å².